The highest BCUT2D eigenvalue weighted by Crippen LogP contribution is 2.35. The largest absolute Gasteiger partial charge is 0.497 e. The van der Waals surface area contributed by atoms with Crippen molar-refractivity contribution >= 4 is 17.7 Å². The topological polar surface area (TPSA) is 38.8 Å². The van der Waals surface area contributed by atoms with E-state index < -0.39 is 0 Å². The van der Waals surface area contributed by atoms with Gasteiger partial charge in [-0.2, -0.15) is 0 Å². The van der Waals surface area contributed by atoms with E-state index >= 15 is 0 Å². The van der Waals surface area contributed by atoms with Gasteiger partial charge in [-0.1, -0.05) is 42.5 Å². The first-order chi connectivity index (χ1) is 13.7. The summed E-state index contributed by atoms with van der Waals surface area (Å²) >= 11 is 0. The molecule has 1 heterocycles. The van der Waals surface area contributed by atoms with E-state index in [0.717, 1.165) is 39.4 Å². The van der Waals surface area contributed by atoms with Crippen molar-refractivity contribution in [3.05, 3.63) is 95.1 Å². The molecule has 0 saturated carbocycles. The number of nitrogens with zero attached hydrogens (tertiary/aromatic N) is 1. The van der Waals surface area contributed by atoms with Crippen molar-refractivity contribution in [2.24, 2.45) is 0 Å². The highest BCUT2D eigenvalue weighted by Gasteiger charge is 2.31. The molecule has 0 bridgehead atoms. The van der Waals surface area contributed by atoms with Crippen LogP contribution in [0, 0.1) is 0 Å². The Bertz CT molecular complexity index is 1020. The lowest BCUT2D eigenvalue weighted by molar-refractivity contribution is 0.0843. The average molecular weight is 371 g/mol. The summed E-state index contributed by atoms with van der Waals surface area (Å²) < 4.78 is 10.5. The minimum atomic E-state index is 0.0196. The Morgan fingerprint density at radius 1 is 0.786 bits per heavy atom. The van der Waals surface area contributed by atoms with E-state index in [9.17, 15) is 4.79 Å². The molecule has 0 atom stereocenters. The second kappa shape index (κ2) is 7.61. The molecule has 0 fully saturated rings. The molecular weight excluding hydrogens is 350 g/mol. The molecule has 140 valence electrons. The molecule has 1 aliphatic heterocycles. The smallest absolute Gasteiger partial charge is 0.259 e. The lowest BCUT2D eigenvalue weighted by Crippen LogP contribution is -2.22. The van der Waals surface area contributed by atoms with Crippen molar-refractivity contribution in [3.63, 3.8) is 0 Å². The third-order valence-electron chi connectivity index (χ3n) is 4.89. The van der Waals surface area contributed by atoms with E-state index in [4.69, 9.17) is 9.47 Å². The molecule has 0 spiro atoms. The molecule has 0 N–H and O–H groups in total. The summed E-state index contributed by atoms with van der Waals surface area (Å²) in [6.45, 7) is 0.499. The lowest BCUT2D eigenvalue weighted by Gasteiger charge is -2.19. The molecule has 1 aliphatic rings. The van der Waals surface area contributed by atoms with Crippen molar-refractivity contribution in [1.82, 2.24) is 4.90 Å². The number of hydrogen-bond donors (Lipinski definition) is 0. The highest BCUT2D eigenvalue weighted by atomic mass is 16.5. The molecule has 0 saturated heterocycles. The van der Waals surface area contributed by atoms with Gasteiger partial charge in [-0.3, -0.25) is 4.79 Å². The van der Waals surface area contributed by atoms with E-state index in [0.29, 0.717) is 6.54 Å². The van der Waals surface area contributed by atoms with Crippen LogP contribution in [0.25, 0.3) is 11.8 Å². The Balaban J connectivity index is 1.72. The predicted molar refractivity (Wildman–Crippen MR) is 110 cm³/mol. The summed E-state index contributed by atoms with van der Waals surface area (Å²) in [4.78, 5) is 14.9. The van der Waals surface area contributed by atoms with Gasteiger partial charge >= 0.3 is 0 Å². The van der Waals surface area contributed by atoms with Gasteiger partial charge in [0.25, 0.3) is 5.91 Å². The third kappa shape index (κ3) is 3.37. The summed E-state index contributed by atoms with van der Waals surface area (Å²) in [5, 5.41) is 0. The SMILES string of the molecule is COc1ccc(/C=C2/c3ccccc3C(=O)N2Cc2ccc(OC)cc2)cc1. The van der Waals surface area contributed by atoms with Crippen LogP contribution >= 0.6 is 0 Å². The van der Waals surface area contributed by atoms with Crippen molar-refractivity contribution < 1.29 is 14.3 Å². The number of fused-ring (bicyclic) bond motifs is 1. The van der Waals surface area contributed by atoms with Crippen LogP contribution in [-0.2, 0) is 6.54 Å². The van der Waals surface area contributed by atoms with Gasteiger partial charge < -0.3 is 14.4 Å². The standard InChI is InChI=1S/C24H21NO3/c1-27-19-11-7-17(8-12-19)15-23-21-5-3-4-6-22(21)24(26)25(23)16-18-9-13-20(28-2)14-10-18/h3-15H,16H2,1-2H3/b23-15-. The quantitative estimate of drug-likeness (QED) is 0.643. The molecule has 3 aromatic rings. The summed E-state index contributed by atoms with van der Waals surface area (Å²) in [5.41, 5.74) is 4.65. The number of carbonyl (C=O) groups is 1. The molecule has 1 amide bonds. The number of carbonyl (C=O) groups excluding carboxylic acids is 1. The van der Waals surface area contributed by atoms with Crippen LogP contribution in [0.5, 0.6) is 11.5 Å². The van der Waals surface area contributed by atoms with Crippen molar-refractivity contribution in [1.29, 1.82) is 0 Å². The fraction of sp³-hybridized carbons (Fsp3) is 0.125. The molecule has 4 heteroatoms. The number of benzene rings is 3. The molecule has 4 rings (SSSR count). The fourth-order valence-corrected chi connectivity index (χ4v) is 3.38. The van der Waals surface area contributed by atoms with E-state index in [1.54, 1.807) is 14.2 Å². The summed E-state index contributed by atoms with van der Waals surface area (Å²) in [5.74, 6) is 1.63. The van der Waals surface area contributed by atoms with Gasteiger partial charge in [0.15, 0.2) is 0 Å². The summed E-state index contributed by atoms with van der Waals surface area (Å²) in [6.07, 6.45) is 2.05. The van der Waals surface area contributed by atoms with Gasteiger partial charge in [-0.15, -0.1) is 0 Å². The zero-order chi connectivity index (χ0) is 19.5. The third-order valence-corrected chi connectivity index (χ3v) is 4.89. The highest BCUT2D eigenvalue weighted by molar-refractivity contribution is 6.11. The Kier molecular flexibility index (Phi) is 4.85. The second-order valence-electron chi connectivity index (χ2n) is 6.59. The molecule has 0 radical (unpaired) electrons. The molecule has 0 aromatic heterocycles. The molecule has 4 nitrogen and oxygen atoms in total. The molecule has 0 unspecified atom stereocenters. The van der Waals surface area contributed by atoms with Gasteiger partial charge in [-0.05, 0) is 47.5 Å². The Hall–Kier alpha value is -3.53. The minimum Gasteiger partial charge on any atom is -0.497 e. The van der Waals surface area contributed by atoms with Crippen LogP contribution in [-0.4, -0.2) is 25.0 Å². The molecular formula is C24H21NO3. The summed E-state index contributed by atoms with van der Waals surface area (Å²) in [7, 11) is 3.29. The number of hydrogen-bond acceptors (Lipinski definition) is 3. The maximum atomic E-state index is 13.1. The van der Waals surface area contributed by atoms with Gasteiger partial charge in [0.05, 0.1) is 26.5 Å². The van der Waals surface area contributed by atoms with Crippen molar-refractivity contribution in [2.45, 2.75) is 6.54 Å². The number of ether oxygens (including phenoxy) is 2. The normalized spacial score (nSPS) is 14.3. The molecule has 28 heavy (non-hydrogen) atoms. The van der Waals surface area contributed by atoms with Crippen LogP contribution in [0.3, 0.4) is 0 Å². The van der Waals surface area contributed by atoms with Crippen LogP contribution in [0.2, 0.25) is 0 Å². The van der Waals surface area contributed by atoms with Crippen LogP contribution < -0.4 is 9.47 Å². The van der Waals surface area contributed by atoms with Gasteiger partial charge in [-0.25, -0.2) is 0 Å². The maximum absolute atomic E-state index is 13.1. The average Bonchev–Trinajstić information content (AvgIpc) is 3.01. The Morgan fingerprint density at radius 3 is 1.96 bits per heavy atom. The minimum absolute atomic E-state index is 0.0196. The molecule has 0 aliphatic carbocycles. The van der Waals surface area contributed by atoms with E-state index in [-0.39, 0.29) is 5.91 Å². The first-order valence-electron chi connectivity index (χ1n) is 9.09. The van der Waals surface area contributed by atoms with Gasteiger partial charge in [0, 0.05) is 11.1 Å². The van der Waals surface area contributed by atoms with Crippen molar-refractivity contribution in [2.75, 3.05) is 14.2 Å². The second-order valence-corrected chi connectivity index (χ2v) is 6.59. The first-order valence-corrected chi connectivity index (χ1v) is 9.09. The van der Waals surface area contributed by atoms with Crippen LogP contribution in [0.4, 0.5) is 0 Å². The monoisotopic (exact) mass is 371 g/mol. The van der Waals surface area contributed by atoms with Crippen LogP contribution in [0.15, 0.2) is 72.8 Å². The Labute approximate surface area is 164 Å². The Morgan fingerprint density at radius 2 is 1.36 bits per heavy atom. The van der Waals surface area contributed by atoms with E-state index in [1.807, 2.05) is 83.8 Å². The summed E-state index contributed by atoms with van der Waals surface area (Å²) in [6, 6.07) is 23.4. The van der Waals surface area contributed by atoms with Gasteiger partial charge in [0.2, 0.25) is 0 Å². The number of amides is 1. The zero-order valence-corrected chi connectivity index (χ0v) is 15.9. The number of rotatable bonds is 5. The number of methoxy groups -OCH3 is 2. The maximum Gasteiger partial charge on any atom is 0.259 e. The first kappa shape index (κ1) is 17.9. The lowest BCUT2D eigenvalue weighted by atomic mass is 10.1. The van der Waals surface area contributed by atoms with Crippen molar-refractivity contribution in [3.8, 4) is 11.5 Å². The zero-order valence-electron chi connectivity index (χ0n) is 15.9. The van der Waals surface area contributed by atoms with Gasteiger partial charge in [0.1, 0.15) is 11.5 Å². The molecule has 3 aromatic carbocycles. The van der Waals surface area contributed by atoms with E-state index in [1.165, 1.54) is 0 Å². The van der Waals surface area contributed by atoms with Crippen LogP contribution in [0.1, 0.15) is 27.0 Å². The van der Waals surface area contributed by atoms with E-state index in [2.05, 4.69) is 0 Å². The fourth-order valence-electron chi connectivity index (χ4n) is 3.38. The predicted octanol–water partition coefficient (Wildman–Crippen LogP) is 4.86.